The predicted molar refractivity (Wildman–Crippen MR) is 70.6 cm³/mol. The third kappa shape index (κ3) is 2.24. The Morgan fingerprint density at radius 1 is 1.25 bits per heavy atom. The Morgan fingerprint density at radius 3 is 2.55 bits per heavy atom. The van der Waals surface area contributed by atoms with E-state index in [0.29, 0.717) is 11.4 Å². The maximum Gasteiger partial charge on any atom is 0.317 e. The van der Waals surface area contributed by atoms with Crippen LogP contribution >= 0.6 is 0 Å². The Balaban J connectivity index is 2.55. The molecule has 20 heavy (non-hydrogen) atoms. The van der Waals surface area contributed by atoms with Crippen molar-refractivity contribution in [2.24, 2.45) is 11.8 Å². The molecule has 6 heteroatoms. The molecule has 0 saturated heterocycles. The van der Waals surface area contributed by atoms with E-state index in [1.165, 1.54) is 27.2 Å². The van der Waals surface area contributed by atoms with Crippen LogP contribution in [-0.2, 0) is 14.3 Å². The van der Waals surface area contributed by atoms with Crippen molar-refractivity contribution in [3.63, 3.8) is 0 Å². The number of rotatable bonds is 2. The lowest BCUT2D eigenvalue weighted by Crippen LogP contribution is -2.35. The number of carbonyl (C=O) groups excluding carboxylic acids is 3. The van der Waals surface area contributed by atoms with E-state index in [1.54, 1.807) is 12.1 Å². The summed E-state index contributed by atoms with van der Waals surface area (Å²) in [6.07, 6.45) is 0. The number of methoxy groups -OCH3 is 2. The number of ketones is 1. The minimum Gasteiger partial charge on any atom is -0.497 e. The van der Waals surface area contributed by atoms with E-state index in [1.807, 2.05) is 0 Å². The van der Waals surface area contributed by atoms with E-state index >= 15 is 0 Å². The van der Waals surface area contributed by atoms with Crippen LogP contribution in [0.25, 0.3) is 0 Å². The van der Waals surface area contributed by atoms with Gasteiger partial charge in [-0.1, -0.05) is 6.92 Å². The van der Waals surface area contributed by atoms with Crippen LogP contribution in [-0.4, -0.2) is 31.9 Å². The van der Waals surface area contributed by atoms with E-state index in [-0.39, 0.29) is 5.56 Å². The molecule has 1 N–H and O–H groups in total. The van der Waals surface area contributed by atoms with Crippen LogP contribution in [0.4, 0.5) is 5.69 Å². The maximum absolute atomic E-state index is 12.5. The van der Waals surface area contributed by atoms with Gasteiger partial charge in [0.1, 0.15) is 11.7 Å². The minimum atomic E-state index is -1.15. The van der Waals surface area contributed by atoms with Gasteiger partial charge in [-0.15, -0.1) is 0 Å². The Hall–Kier alpha value is -2.37. The molecule has 1 aromatic carbocycles. The molecule has 1 aliphatic rings. The van der Waals surface area contributed by atoms with E-state index < -0.39 is 29.5 Å². The van der Waals surface area contributed by atoms with Gasteiger partial charge in [0.15, 0.2) is 5.78 Å². The third-order valence-corrected chi connectivity index (χ3v) is 3.40. The first-order valence-electron chi connectivity index (χ1n) is 6.10. The van der Waals surface area contributed by atoms with Crippen molar-refractivity contribution in [3.05, 3.63) is 23.8 Å². The Bertz CT molecular complexity index is 581. The number of hydrogen-bond acceptors (Lipinski definition) is 5. The van der Waals surface area contributed by atoms with Crippen molar-refractivity contribution < 1.29 is 23.9 Å². The lowest BCUT2D eigenvalue weighted by atomic mass is 9.87. The molecule has 2 rings (SSSR count). The van der Waals surface area contributed by atoms with Gasteiger partial charge in [-0.3, -0.25) is 14.4 Å². The maximum atomic E-state index is 12.5. The molecule has 6 nitrogen and oxygen atoms in total. The van der Waals surface area contributed by atoms with Crippen LogP contribution in [0.15, 0.2) is 18.2 Å². The predicted octanol–water partition coefficient (Wildman–Crippen LogP) is 1.26. The van der Waals surface area contributed by atoms with Crippen LogP contribution in [0, 0.1) is 11.8 Å². The fourth-order valence-corrected chi connectivity index (χ4v) is 2.19. The van der Waals surface area contributed by atoms with E-state index in [4.69, 9.17) is 4.74 Å². The summed E-state index contributed by atoms with van der Waals surface area (Å²) in [4.78, 5) is 36.3. The monoisotopic (exact) mass is 277 g/mol. The molecule has 2 unspecified atom stereocenters. The second-order valence-electron chi connectivity index (χ2n) is 4.55. The molecular weight excluding hydrogens is 262 g/mol. The van der Waals surface area contributed by atoms with E-state index in [2.05, 4.69) is 10.1 Å². The number of carbonyl (C=O) groups is 3. The Labute approximate surface area is 116 Å². The molecule has 0 saturated carbocycles. The van der Waals surface area contributed by atoms with Crippen LogP contribution in [0.5, 0.6) is 5.75 Å². The normalized spacial score (nSPS) is 21.6. The zero-order valence-corrected chi connectivity index (χ0v) is 11.4. The smallest absolute Gasteiger partial charge is 0.317 e. The van der Waals surface area contributed by atoms with Crippen LogP contribution in [0.2, 0.25) is 0 Å². The molecule has 0 bridgehead atoms. The first-order chi connectivity index (χ1) is 9.49. The highest BCUT2D eigenvalue weighted by Crippen LogP contribution is 2.31. The highest BCUT2D eigenvalue weighted by atomic mass is 16.5. The molecule has 0 radical (unpaired) electrons. The van der Waals surface area contributed by atoms with E-state index in [0.717, 1.165) is 0 Å². The fourth-order valence-electron chi connectivity index (χ4n) is 2.19. The summed E-state index contributed by atoms with van der Waals surface area (Å²) in [5.41, 5.74) is 0.622. The number of anilines is 1. The van der Waals surface area contributed by atoms with Gasteiger partial charge in [-0.05, 0) is 18.2 Å². The first-order valence-corrected chi connectivity index (χ1v) is 6.10. The van der Waals surface area contributed by atoms with Gasteiger partial charge in [0, 0.05) is 5.56 Å². The highest BCUT2D eigenvalue weighted by molar-refractivity contribution is 6.18. The molecule has 1 amide bonds. The van der Waals surface area contributed by atoms with Gasteiger partial charge in [0.05, 0.1) is 25.8 Å². The summed E-state index contributed by atoms with van der Waals surface area (Å²) in [5.74, 6) is -3.02. The van der Waals surface area contributed by atoms with Gasteiger partial charge >= 0.3 is 5.97 Å². The zero-order chi connectivity index (χ0) is 14.9. The Kier molecular flexibility index (Phi) is 3.74. The number of fused-ring (bicyclic) bond motifs is 1. The van der Waals surface area contributed by atoms with Gasteiger partial charge in [0.2, 0.25) is 5.91 Å². The van der Waals surface area contributed by atoms with Crippen molar-refractivity contribution in [1.29, 1.82) is 0 Å². The van der Waals surface area contributed by atoms with Crippen LogP contribution in [0.3, 0.4) is 0 Å². The molecule has 1 aromatic rings. The summed E-state index contributed by atoms with van der Waals surface area (Å²) in [7, 11) is 2.67. The molecule has 1 heterocycles. The molecule has 0 aliphatic carbocycles. The van der Waals surface area contributed by atoms with Crippen molar-refractivity contribution in [3.8, 4) is 5.75 Å². The summed E-state index contributed by atoms with van der Waals surface area (Å²) in [6, 6.07) is 4.72. The summed E-state index contributed by atoms with van der Waals surface area (Å²) >= 11 is 0. The van der Waals surface area contributed by atoms with Crippen molar-refractivity contribution in [1.82, 2.24) is 0 Å². The number of hydrogen-bond donors (Lipinski definition) is 1. The second-order valence-corrected chi connectivity index (χ2v) is 4.55. The number of esters is 1. The summed E-state index contributed by atoms with van der Waals surface area (Å²) in [6.45, 7) is 1.53. The lowest BCUT2D eigenvalue weighted by molar-refractivity contribution is -0.147. The van der Waals surface area contributed by atoms with Gasteiger partial charge < -0.3 is 14.8 Å². The number of benzene rings is 1. The molecule has 2 atom stereocenters. The fraction of sp³-hybridized carbons (Fsp3) is 0.357. The zero-order valence-electron chi connectivity index (χ0n) is 11.4. The quantitative estimate of drug-likeness (QED) is 0.650. The number of amides is 1. The summed E-state index contributed by atoms with van der Waals surface area (Å²) < 4.78 is 9.70. The molecule has 106 valence electrons. The third-order valence-electron chi connectivity index (χ3n) is 3.40. The van der Waals surface area contributed by atoms with Gasteiger partial charge in [0.25, 0.3) is 0 Å². The van der Waals surface area contributed by atoms with Crippen molar-refractivity contribution in [2.45, 2.75) is 6.92 Å². The average Bonchev–Trinajstić information content (AvgIpc) is 2.54. The largest absolute Gasteiger partial charge is 0.497 e. The summed E-state index contributed by atoms with van der Waals surface area (Å²) in [5, 5.41) is 2.64. The number of Topliss-reactive ketones (excluding diaryl/α,β-unsaturated/α-hetero) is 1. The Morgan fingerprint density at radius 2 is 1.95 bits per heavy atom. The molecule has 1 aliphatic heterocycles. The molecule has 0 fully saturated rings. The topological polar surface area (TPSA) is 81.7 Å². The lowest BCUT2D eigenvalue weighted by Gasteiger charge is -2.15. The van der Waals surface area contributed by atoms with Gasteiger partial charge in [-0.25, -0.2) is 0 Å². The number of nitrogens with one attached hydrogen (secondary N) is 1. The average molecular weight is 277 g/mol. The standard InChI is InChI=1S/C14H15NO5/c1-7-11(14(18)20-3)12(16)9-6-8(19-2)4-5-10(9)15-13(7)17/h4-7,11H,1-3H3,(H,15,17). The van der Waals surface area contributed by atoms with E-state index in [9.17, 15) is 14.4 Å². The van der Waals surface area contributed by atoms with Gasteiger partial charge in [-0.2, -0.15) is 0 Å². The highest BCUT2D eigenvalue weighted by Gasteiger charge is 2.41. The molecule has 0 aromatic heterocycles. The van der Waals surface area contributed by atoms with Crippen LogP contribution < -0.4 is 10.1 Å². The molecule has 0 spiro atoms. The SMILES string of the molecule is COC(=O)C1C(=O)c2cc(OC)ccc2NC(=O)C1C. The minimum absolute atomic E-state index is 0.248. The first kappa shape index (κ1) is 14.0. The second kappa shape index (κ2) is 5.32. The van der Waals surface area contributed by atoms with Crippen LogP contribution in [0.1, 0.15) is 17.3 Å². The number of ether oxygens (including phenoxy) is 2. The van der Waals surface area contributed by atoms with Crippen molar-refractivity contribution in [2.75, 3.05) is 19.5 Å². The molecular formula is C14H15NO5. The van der Waals surface area contributed by atoms with Crippen molar-refractivity contribution >= 4 is 23.3 Å².